The molecule has 124 valence electrons. The van der Waals surface area contributed by atoms with Crippen molar-refractivity contribution in [2.75, 3.05) is 18.8 Å². The molecule has 0 unspecified atom stereocenters. The molecule has 2 atom stereocenters. The van der Waals surface area contributed by atoms with Gasteiger partial charge < -0.3 is 4.90 Å². The van der Waals surface area contributed by atoms with Crippen LogP contribution in [-0.4, -0.2) is 44.8 Å². The standard InChI is InChI=1S/C17H24N4OS/c1-16(2)11-6-7-17(16,3)14-13(11)19-20-15(18-14)23-10-12(22)21-8-4-5-9-21/h11H,4-10H2,1-3H3/t11-,17+/m1/s1. The largest absolute Gasteiger partial charge is 0.342 e. The molecule has 1 aliphatic heterocycles. The monoisotopic (exact) mass is 332 g/mol. The summed E-state index contributed by atoms with van der Waals surface area (Å²) in [6, 6.07) is 0. The minimum atomic E-state index is 0.0945. The van der Waals surface area contributed by atoms with E-state index in [0.29, 0.717) is 16.8 Å². The molecule has 1 aromatic rings. The van der Waals surface area contributed by atoms with Crippen LogP contribution < -0.4 is 0 Å². The zero-order valence-corrected chi connectivity index (χ0v) is 14.9. The van der Waals surface area contributed by atoms with E-state index >= 15 is 0 Å². The Morgan fingerprint density at radius 1 is 1.26 bits per heavy atom. The van der Waals surface area contributed by atoms with Gasteiger partial charge in [0.15, 0.2) is 0 Å². The van der Waals surface area contributed by atoms with E-state index in [4.69, 9.17) is 4.98 Å². The summed E-state index contributed by atoms with van der Waals surface area (Å²) in [6.45, 7) is 8.78. The Labute approximate surface area is 141 Å². The van der Waals surface area contributed by atoms with Crippen LogP contribution in [-0.2, 0) is 10.2 Å². The van der Waals surface area contributed by atoms with Crippen LogP contribution in [0.5, 0.6) is 0 Å². The Morgan fingerprint density at radius 2 is 2.00 bits per heavy atom. The lowest BCUT2D eigenvalue weighted by atomic mass is 9.70. The zero-order chi connectivity index (χ0) is 16.2. The number of hydrogen-bond donors (Lipinski definition) is 0. The van der Waals surface area contributed by atoms with Gasteiger partial charge in [0.05, 0.1) is 17.1 Å². The molecule has 1 saturated carbocycles. The number of rotatable bonds is 3. The summed E-state index contributed by atoms with van der Waals surface area (Å²) in [5.74, 6) is 1.10. The SMILES string of the molecule is CC1(C)[C@@H]2CC[C@@]1(C)c1nc(SCC(=O)N3CCCC3)nnc12. The molecule has 5 nitrogen and oxygen atoms in total. The molecule has 23 heavy (non-hydrogen) atoms. The molecular formula is C17H24N4OS. The summed E-state index contributed by atoms with van der Waals surface area (Å²) in [5, 5.41) is 9.45. The van der Waals surface area contributed by atoms with Gasteiger partial charge in [-0.2, -0.15) is 5.10 Å². The molecule has 2 bridgehead atoms. The first-order chi connectivity index (χ1) is 10.9. The van der Waals surface area contributed by atoms with Crippen molar-refractivity contribution in [2.24, 2.45) is 5.41 Å². The number of carbonyl (C=O) groups excluding carboxylic acids is 1. The lowest BCUT2D eigenvalue weighted by Gasteiger charge is -2.33. The average molecular weight is 332 g/mol. The second-order valence-electron chi connectivity index (χ2n) is 7.85. The Kier molecular flexibility index (Phi) is 3.45. The van der Waals surface area contributed by atoms with Crippen molar-refractivity contribution in [1.29, 1.82) is 0 Å². The molecule has 2 aliphatic carbocycles. The highest BCUT2D eigenvalue weighted by Crippen LogP contribution is 2.66. The number of likely N-dealkylation sites (tertiary alicyclic amines) is 1. The van der Waals surface area contributed by atoms with Gasteiger partial charge in [0.25, 0.3) is 0 Å². The van der Waals surface area contributed by atoms with E-state index in [2.05, 4.69) is 31.0 Å². The van der Waals surface area contributed by atoms with Gasteiger partial charge in [-0.05, 0) is 31.1 Å². The van der Waals surface area contributed by atoms with E-state index < -0.39 is 0 Å². The van der Waals surface area contributed by atoms with Gasteiger partial charge >= 0.3 is 0 Å². The van der Waals surface area contributed by atoms with Gasteiger partial charge in [-0.15, -0.1) is 5.10 Å². The lowest BCUT2D eigenvalue weighted by molar-refractivity contribution is -0.127. The Balaban J connectivity index is 1.52. The summed E-state index contributed by atoms with van der Waals surface area (Å²) in [5.41, 5.74) is 2.52. The lowest BCUT2D eigenvalue weighted by Crippen LogP contribution is -2.32. The number of thioether (sulfide) groups is 1. The van der Waals surface area contributed by atoms with Crippen LogP contribution in [0.25, 0.3) is 0 Å². The van der Waals surface area contributed by atoms with Gasteiger partial charge in [0.1, 0.15) is 0 Å². The van der Waals surface area contributed by atoms with Crippen LogP contribution in [0.1, 0.15) is 63.8 Å². The summed E-state index contributed by atoms with van der Waals surface area (Å²) in [4.78, 5) is 18.9. The highest BCUT2D eigenvalue weighted by atomic mass is 32.2. The third kappa shape index (κ3) is 2.13. The molecule has 0 aromatic carbocycles. The fourth-order valence-electron chi connectivity index (χ4n) is 4.61. The van der Waals surface area contributed by atoms with Crippen molar-refractivity contribution in [3.8, 4) is 0 Å². The molecule has 1 aromatic heterocycles. The van der Waals surface area contributed by atoms with E-state index in [1.807, 2.05) is 4.90 Å². The van der Waals surface area contributed by atoms with Gasteiger partial charge in [0, 0.05) is 24.4 Å². The van der Waals surface area contributed by atoms with Gasteiger partial charge in [-0.1, -0.05) is 32.5 Å². The Hall–Kier alpha value is -1.17. The molecule has 6 heteroatoms. The first-order valence-electron chi connectivity index (χ1n) is 8.59. The van der Waals surface area contributed by atoms with Crippen LogP contribution in [0.4, 0.5) is 0 Å². The maximum atomic E-state index is 12.2. The second kappa shape index (κ2) is 5.16. The third-order valence-corrected chi connectivity index (χ3v) is 7.38. The van der Waals surface area contributed by atoms with Crippen molar-refractivity contribution in [1.82, 2.24) is 20.1 Å². The van der Waals surface area contributed by atoms with Crippen LogP contribution >= 0.6 is 11.8 Å². The van der Waals surface area contributed by atoms with Crippen molar-refractivity contribution in [2.45, 2.75) is 62.9 Å². The smallest absolute Gasteiger partial charge is 0.233 e. The van der Waals surface area contributed by atoms with Crippen molar-refractivity contribution in [3.05, 3.63) is 11.4 Å². The van der Waals surface area contributed by atoms with E-state index in [-0.39, 0.29) is 16.7 Å². The summed E-state index contributed by atoms with van der Waals surface area (Å²) >= 11 is 1.43. The molecular weight excluding hydrogens is 308 g/mol. The van der Waals surface area contributed by atoms with Crippen molar-refractivity contribution in [3.63, 3.8) is 0 Å². The minimum absolute atomic E-state index is 0.0945. The fourth-order valence-corrected chi connectivity index (χ4v) is 5.30. The number of carbonyl (C=O) groups is 1. The van der Waals surface area contributed by atoms with Crippen LogP contribution in [0.2, 0.25) is 0 Å². The maximum Gasteiger partial charge on any atom is 0.233 e. The molecule has 4 rings (SSSR count). The highest BCUT2D eigenvalue weighted by molar-refractivity contribution is 7.99. The number of aromatic nitrogens is 3. The normalized spacial score (nSPS) is 30.7. The number of hydrogen-bond acceptors (Lipinski definition) is 5. The van der Waals surface area contributed by atoms with Gasteiger partial charge in [-0.3, -0.25) is 4.79 Å². The van der Waals surface area contributed by atoms with Crippen LogP contribution in [0.3, 0.4) is 0 Å². The first-order valence-corrected chi connectivity index (χ1v) is 9.58. The quantitative estimate of drug-likeness (QED) is 0.797. The Morgan fingerprint density at radius 3 is 2.74 bits per heavy atom. The predicted octanol–water partition coefficient (Wildman–Crippen LogP) is 2.76. The summed E-state index contributed by atoms with van der Waals surface area (Å²) < 4.78 is 0. The third-order valence-electron chi connectivity index (χ3n) is 6.56. The average Bonchev–Trinajstić information content (AvgIpc) is 3.17. The van der Waals surface area contributed by atoms with Crippen molar-refractivity contribution < 1.29 is 4.79 Å². The molecule has 3 aliphatic rings. The number of nitrogens with zero attached hydrogens (tertiary/aromatic N) is 4. The first kappa shape index (κ1) is 15.4. The van der Waals surface area contributed by atoms with E-state index in [0.717, 1.165) is 37.3 Å². The molecule has 0 N–H and O–H groups in total. The predicted molar refractivity (Wildman–Crippen MR) is 89.5 cm³/mol. The molecule has 0 radical (unpaired) electrons. The van der Waals surface area contributed by atoms with Crippen molar-refractivity contribution >= 4 is 17.7 Å². The summed E-state index contributed by atoms with van der Waals surface area (Å²) in [6.07, 6.45) is 4.62. The number of amides is 1. The number of fused-ring (bicyclic) bond motifs is 5. The highest BCUT2D eigenvalue weighted by Gasteiger charge is 2.61. The van der Waals surface area contributed by atoms with E-state index in [1.165, 1.54) is 24.6 Å². The van der Waals surface area contributed by atoms with Crippen LogP contribution in [0.15, 0.2) is 5.16 Å². The Bertz CT molecular complexity index is 656. The van der Waals surface area contributed by atoms with Gasteiger partial charge in [0.2, 0.25) is 11.1 Å². The molecule has 2 fully saturated rings. The minimum Gasteiger partial charge on any atom is -0.342 e. The molecule has 0 spiro atoms. The maximum absolute atomic E-state index is 12.2. The topological polar surface area (TPSA) is 59.0 Å². The second-order valence-corrected chi connectivity index (χ2v) is 8.79. The van der Waals surface area contributed by atoms with E-state index in [9.17, 15) is 4.79 Å². The van der Waals surface area contributed by atoms with Crippen LogP contribution in [0, 0.1) is 5.41 Å². The fraction of sp³-hybridized carbons (Fsp3) is 0.765. The molecule has 1 amide bonds. The summed E-state index contributed by atoms with van der Waals surface area (Å²) in [7, 11) is 0. The zero-order valence-electron chi connectivity index (χ0n) is 14.1. The molecule has 1 saturated heterocycles. The van der Waals surface area contributed by atoms with E-state index in [1.54, 1.807) is 0 Å². The molecule has 2 heterocycles. The van der Waals surface area contributed by atoms with Gasteiger partial charge in [-0.25, -0.2) is 4.98 Å².